The van der Waals surface area contributed by atoms with Gasteiger partial charge in [0.25, 0.3) is 5.91 Å². The predicted octanol–water partition coefficient (Wildman–Crippen LogP) is 4.80. The first kappa shape index (κ1) is 16.1. The molecule has 1 aromatic carbocycles. The molecule has 23 heavy (non-hydrogen) atoms. The van der Waals surface area contributed by atoms with Crippen molar-refractivity contribution in [1.82, 2.24) is 9.97 Å². The van der Waals surface area contributed by atoms with Gasteiger partial charge in [0.15, 0.2) is 5.13 Å². The molecule has 0 bridgehead atoms. The van der Waals surface area contributed by atoms with E-state index in [-0.39, 0.29) is 5.91 Å². The van der Waals surface area contributed by atoms with Crippen molar-refractivity contribution < 1.29 is 4.79 Å². The van der Waals surface area contributed by atoms with Gasteiger partial charge in [0.1, 0.15) is 0 Å². The van der Waals surface area contributed by atoms with E-state index < -0.39 is 0 Å². The number of benzene rings is 1. The van der Waals surface area contributed by atoms with Crippen molar-refractivity contribution in [3.8, 4) is 0 Å². The summed E-state index contributed by atoms with van der Waals surface area (Å²) in [5.74, 6) is -0.230. The summed E-state index contributed by atoms with van der Waals surface area (Å²) in [5.41, 5.74) is 1.63. The molecule has 2 heterocycles. The molecule has 1 amide bonds. The lowest BCUT2D eigenvalue weighted by atomic mass is 10.1. The number of hydrogen-bond donors (Lipinski definition) is 1. The Morgan fingerprint density at radius 3 is 2.74 bits per heavy atom. The van der Waals surface area contributed by atoms with Crippen LogP contribution >= 0.6 is 38.9 Å². The molecule has 0 aliphatic rings. The van der Waals surface area contributed by atoms with Gasteiger partial charge in [0.05, 0.1) is 5.56 Å². The highest BCUT2D eigenvalue weighted by molar-refractivity contribution is 9.10. The number of aromatic nitrogens is 2. The number of rotatable bonds is 4. The van der Waals surface area contributed by atoms with Crippen LogP contribution in [0, 0.1) is 0 Å². The Hall–Kier alpha value is -1.76. The summed E-state index contributed by atoms with van der Waals surface area (Å²) in [4.78, 5) is 21.4. The molecule has 0 saturated carbocycles. The number of amides is 1. The van der Waals surface area contributed by atoms with Crippen LogP contribution in [-0.2, 0) is 6.42 Å². The van der Waals surface area contributed by atoms with Crippen LogP contribution in [0.15, 0.2) is 53.4 Å². The largest absolute Gasteiger partial charge is 0.298 e. The van der Waals surface area contributed by atoms with Gasteiger partial charge >= 0.3 is 0 Å². The van der Waals surface area contributed by atoms with Crippen LogP contribution in [0.2, 0.25) is 5.02 Å². The maximum atomic E-state index is 12.2. The fourth-order valence-electron chi connectivity index (χ4n) is 1.96. The van der Waals surface area contributed by atoms with Crippen molar-refractivity contribution in [1.29, 1.82) is 0 Å². The van der Waals surface area contributed by atoms with Gasteiger partial charge in [0.2, 0.25) is 0 Å². The summed E-state index contributed by atoms with van der Waals surface area (Å²) in [6.07, 6.45) is 5.67. The number of thiazole rings is 1. The van der Waals surface area contributed by atoms with Crippen molar-refractivity contribution >= 4 is 49.9 Å². The van der Waals surface area contributed by atoms with Gasteiger partial charge in [-0.05, 0) is 39.7 Å². The molecule has 0 radical (unpaired) electrons. The standard InChI is InChI=1S/C16H11BrClN3OS/c17-12-6-11(7-19-8-12)15(22)21-16-20-9-14(23-16)5-10-1-3-13(18)4-2-10/h1-4,6-9H,5H2,(H,20,21,22). The molecule has 1 N–H and O–H groups in total. The lowest BCUT2D eigenvalue weighted by Gasteiger charge is -2.01. The quantitative estimate of drug-likeness (QED) is 0.675. The molecular formula is C16H11BrClN3OS. The molecule has 2 aromatic heterocycles. The van der Waals surface area contributed by atoms with Crippen LogP contribution in [0.5, 0.6) is 0 Å². The fraction of sp³-hybridized carbons (Fsp3) is 0.0625. The van der Waals surface area contributed by atoms with Crippen molar-refractivity contribution in [2.45, 2.75) is 6.42 Å². The number of carbonyl (C=O) groups is 1. The summed E-state index contributed by atoms with van der Waals surface area (Å²) >= 11 is 10.6. The molecule has 3 aromatic rings. The average Bonchev–Trinajstić information content (AvgIpc) is 2.96. The molecule has 0 spiro atoms. The predicted molar refractivity (Wildman–Crippen MR) is 96.3 cm³/mol. The molecule has 4 nitrogen and oxygen atoms in total. The number of carbonyl (C=O) groups excluding carboxylic acids is 1. The molecular weight excluding hydrogens is 398 g/mol. The molecule has 0 atom stereocenters. The Labute approximate surface area is 150 Å². The van der Waals surface area contributed by atoms with E-state index in [4.69, 9.17) is 11.6 Å². The first-order chi connectivity index (χ1) is 11.1. The molecule has 0 saturated heterocycles. The minimum atomic E-state index is -0.230. The highest BCUT2D eigenvalue weighted by Crippen LogP contribution is 2.22. The summed E-state index contributed by atoms with van der Waals surface area (Å²) in [6, 6.07) is 9.40. The van der Waals surface area contributed by atoms with Crippen molar-refractivity contribution in [2.75, 3.05) is 5.32 Å². The van der Waals surface area contributed by atoms with Gasteiger partial charge in [-0.25, -0.2) is 4.98 Å². The fourth-order valence-corrected chi connectivity index (χ4v) is 3.29. The van der Waals surface area contributed by atoms with Crippen LogP contribution in [0.3, 0.4) is 0 Å². The first-order valence-corrected chi connectivity index (χ1v) is 8.70. The third kappa shape index (κ3) is 4.37. The van der Waals surface area contributed by atoms with Crippen molar-refractivity contribution in [3.05, 3.63) is 74.4 Å². The van der Waals surface area contributed by atoms with E-state index in [1.54, 1.807) is 18.5 Å². The molecule has 3 rings (SSSR count). The van der Waals surface area contributed by atoms with Gasteiger partial charge in [-0.15, -0.1) is 11.3 Å². The van der Waals surface area contributed by atoms with Gasteiger partial charge < -0.3 is 0 Å². The monoisotopic (exact) mass is 407 g/mol. The Morgan fingerprint density at radius 1 is 1.22 bits per heavy atom. The molecule has 0 fully saturated rings. The average molecular weight is 409 g/mol. The number of halogens is 2. The summed E-state index contributed by atoms with van der Waals surface area (Å²) in [5, 5.41) is 4.07. The van der Waals surface area contributed by atoms with E-state index in [1.165, 1.54) is 17.5 Å². The van der Waals surface area contributed by atoms with Crippen LogP contribution < -0.4 is 5.32 Å². The number of hydrogen-bond acceptors (Lipinski definition) is 4. The summed E-state index contributed by atoms with van der Waals surface area (Å²) in [6.45, 7) is 0. The SMILES string of the molecule is O=C(Nc1ncc(Cc2ccc(Cl)cc2)s1)c1cncc(Br)c1. The highest BCUT2D eigenvalue weighted by atomic mass is 79.9. The van der Waals surface area contributed by atoms with Crippen LogP contribution in [0.1, 0.15) is 20.8 Å². The lowest BCUT2D eigenvalue weighted by Crippen LogP contribution is -2.11. The van der Waals surface area contributed by atoms with E-state index in [9.17, 15) is 4.79 Å². The van der Waals surface area contributed by atoms with E-state index in [0.717, 1.165) is 21.3 Å². The smallest absolute Gasteiger partial charge is 0.259 e. The van der Waals surface area contributed by atoms with E-state index in [2.05, 4.69) is 31.2 Å². The van der Waals surface area contributed by atoms with Gasteiger partial charge in [0, 0.05) is 39.4 Å². The Kier molecular flexibility index (Phi) is 5.05. The van der Waals surface area contributed by atoms with Gasteiger partial charge in [-0.3, -0.25) is 15.1 Å². The first-order valence-electron chi connectivity index (χ1n) is 6.71. The summed E-state index contributed by atoms with van der Waals surface area (Å²) < 4.78 is 0.757. The molecule has 0 aliphatic heterocycles. The Bertz CT molecular complexity index is 835. The van der Waals surface area contributed by atoms with Crippen molar-refractivity contribution in [2.24, 2.45) is 0 Å². The molecule has 116 valence electrons. The van der Waals surface area contributed by atoms with Crippen LogP contribution in [0.4, 0.5) is 5.13 Å². The van der Waals surface area contributed by atoms with Crippen molar-refractivity contribution in [3.63, 3.8) is 0 Å². The topological polar surface area (TPSA) is 54.9 Å². The number of anilines is 1. The maximum Gasteiger partial charge on any atom is 0.259 e. The summed E-state index contributed by atoms with van der Waals surface area (Å²) in [7, 11) is 0. The van der Waals surface area contributed by atoms with Crippen LogP contribution in [-0.4, -0.2) is 15.9 Å². The molecule has 0 unspecified atom stereocenters. The second kappa shape index (κ2) is 7.21. The maximum absolute atomic E-state index is 12.2. The van der Waals surface area contributed by atoms with E-state index >= 15 is 0 Å². The van der Waals surface area contributed by atoms with Gasteiger partial charge in [-0.2, -0.15) is 0 Å². The number of pyridine rings is 1. The Balaban J connectivity index is 1.67. The lowest BCUT2D eigenvalue weighted by molar-refractivity contribution is 0.102. The number of nitrogens with zero attached hydrogens (tertiary/aromatic N) is 2. The minimum absolute atomic E-state index is 0.230. The van der Waals surface area contributed by atoms with E-state index in [1.807, 2.05) is 24.3 Å². The minimum Gasteiger partial charge on any atom is -0.298 e. The Morgan fingerprint density at radius 2 is 2.00 bits per heavy atom. The third-order valence-electron chi connectivity index (χ3n) is 3.03. The zero-order valence-electron chi connectivity index (χ0n) is 11.8. The second-order valence-corrected chi connectivity index (χ2v) is 7.25. The zero-order valence-corrected chi connectivity index (χ0v) is 15.0. The third-order valence-corrected chi connectivity index (χ3v) is 4.63. The molecule has 7 heteroatoms. The second-order valence-electron chi connectivity index (χ2n) is 4.78. The zero-order chi connectivity index (χ0) is 16.2. The van der Waals surface area contributed by atoms with E-state index in [0.29, 0.717) is 15.7 Å². The van der Waals surface area contributed by atoms with Crippen LogP contribution in [0.25, 0.3) is 0 Å². The highest BCUT2D eigenvalue weighted by Gasteiger charge is 2.10. The number of nitrogens with one attached hydrogen (secondary N) is 1. The van der Waals surface area contributed by atoms with Gasteiger partial charge in [-0.1, -0.05) is 23.7 Å². The normalized spacial score (nSPS) is 10.5. The molecule has 0 aliphatic carbocycles.